The minimum Gasteiger partial charge on any atom is -0.497 e. The first kappa shape index (κ1) is 21.4. The molecule has 6 heteroatoms. The minimum atomic E-state index is -0.551. The fraction of sp³-hybridized carbons (Fsp3) is 0.333. The minimum absolute atomic E-state index is 0.162. The van der Waals surface area contributed by atoms with E-state index < -0.39 is 6.09 Å². The van der Waals surface area contributed by atoms with E-state index in [1.807, 2.05) is 18.2 Å². The van der Waals surface area contributed by atoms with Gasteiger partial charge < -0.3 is 14.8 Å². The lowest BCUT2D eigenvalue weighted by atomic mass is 9.85. The molecule has 3 rings (SSSR count). The second-order valence-electron chi connectivity index (χ2n) is 8.29. The van der Waals surface area contributed by atoms with Gasteiger partial charge in [0, 0.05) is 34.1 Å². The molecule has 0 spiro atoms. The van der Waals surface area contributed by atoms with Gasteiger partial charge in [0.15, 0.2) is 5.78 Å². The summed E-state index contributed by atoms with van der Waals surface area (Å²) in [4.78, 5) is 24.9. The van der Waals surface area contributed by atoms with E-state index in [2.05, 4.69) is 24.5 Å². The number of nitrogens with one attached hydrogen (secondary N) is 2. The van der Waals surface area contributed by atoms with Crippen molar-refractivity contribution in [1.29, 1.82) is 0 Å². The lowest BCUT2D eigenvalue weighted by Gasteiger charge is -2.35. The molecule has 2 aromatic carbocycles. The normalized spacial score (nSPS) is 15.9. The van der Waals surface area contributed by atoms with Crippen LogP contribution in [0.15, 0.2) is 48.5 Å². The Morgan fingerprint density at radius 3 is 2.63 bits per heavy atom. The van der Waals surface area contributed by atoms with Gasteiger partial charge in [-0.25, -0.2) is 4.79 Å². The number of carbonyl (C=O) groups is 2. The van der Waals surface area contributed by atoms with Crippen LogP contribution in [-0.2, 0) is 11.2 Å². The first-order valence-corrected chi connectivity index (χ1v) is 9.96. The molecule has 0 bridgehead atoms. The molecule has 0 saturated carbocycles. The van der Waals surface area contributed by atoms with Gasteiger partial charge in [0.05, 0.1) is 13.2 Å². The monoisotopic (exact) mass is 408 g/mol. The Labute approximate surface area is 177 Å². The molecule has 2 N–H and O–H groups in total. The summed E-state index contributed by atoms with van der Waals surface area (Å²) in [5, 5.41) is 6.11. The van der Waals surface area contributed by atoms with E-state index in [1.165, 1.54) is 0 Å². The summed E-state index contributed by atoms with van der Waals surface area (Å²) in [5.74, 6) is 0.577. The lowest BCUT2D eigenvalue weighted by Crippen LogP contribution is -2.43. The molecular weight excluding hydrogens is 380 g/mol. The fourth-order valence-electron chi connectivity index (χ4n) is 3.48. The Bertz CT molecular complexity index is 992. The van der Waals surface area contributed by atoms with Gasteiger partial charge >= 0.3 is 6.09 Å². The molecule has 0 saturated heterocycles. The van der Waals surface area contributed by atoms with Crippen molar-refractivity contribution in [3.05, 3.63) is 65.2 Å². The van der Waals surface area contributed by atoms with Gasteiger partial charge in [-0.15, -0.1) is 0 Å². The number of ketones is 1. The van der Waals surface area contributed by atoms with Gasteiger partial charge in [-0.05, 0) is 63.9 Å². The third kappa shape index (κ3) is 5.20. The first-order valence-electron chi connectivity index (χ1n) is 9.96. The Balaban J connectivity index is 1.89. The highest BCUT2D eigenvalue weighted by atomic mass is 16.6. The lowest BCUT2D eigenvalue weighted by molar-refractivity contribution is 0.104. The third-order valence-corrected chi connectivity index (χ3v) is 4.72. The number of allylic oxidation sites excluding steroid dienone is 1. The molecule has 1 aliphatic heterocycles. The molecular formula is C24H28N2O4. The van der Waals surface area contributed by atoms with Crippen LogP contribution >= 0.6 is 0 Å². The van der Waals surface area contributed by atoms with E-state index >= 15 is 0 Å². The van der Waals surface area contributed by atoms with Crippen LogP contribution in [0.4, 0.5) is 10.5 Å². The molecule has 30 heavy (non-hydrogen) atoms. The number of anilines is 1. The highest BCUT2D eigenvalue weighted by Crippen LogP contribution is 2.32. The molecule has 1 aliphatic rings. The number of amides is 1. The van der Waals surface area contributed by atoms with Gasteiger partial charge in [-0.2, -0.15) is 0 Å². The van der Waals surface area contributed by atoms with Crippen molar-refractivity contribution in [3.63, 3.8) is 0 Å². The summed E-state index contributed by atoms with van der Waals surface area (Å²) >= 11 is 0. The maximum absolute atomic E-state index is 13.0. The molecule has 0 aromatic heterocycles. The largest absolute Gasteiger partial charge is 0.497 e. The number of hydrogen-bond acceptors (Lipinski definition) is 5. The van der Waals surface area contributed by atoms with Crippen LogP contribution in [0.3, 0.4) is 0 Å². The van der Waals surface area contributed by atoms with E-state index in [-0.39, 0.29) is 17.4 Å². The van der Waals surface area contributed by atoms with Crippen LogP contribution in [0.25, 0.3) is 5.70 Å². The average Bonchev–Trinajstić information content (AvgIpc) is 2.66. The second-order valence-corrected chi connectivity index (χ2v) is 8.29. The van der Waals surface area contributed by atoms with Crippen molar-refractivity contribution in [3.8, 4) is 5.75 Å². The smallest absolute Gasteiger partial charge is 0.411 e. The number of methoxy groups -OCH3 is 1. The number of carbonyl (C=O) groups excluding carboxylic acids is 2. The van der Waals surface area contributed by atoms with E-state index in [9.17, 15) is 9.59 Å². The van der Waals surface area contributed by atoms with Gasteiger partial charge in [0.25, 0.3) is 0 Å². The van der Waals surface area contributed by atoms with Crippen molar-refractivity contribution in [2.45, 2.75) is 45.8 Å². The summed E-state index contributed by atoms with van der Waals surface area (Å²) in [6.07, 6.45) is 1.67. The molecule has 0 unspecified atom stereocenters. The van der Waals surface area contributed by atoms with E-state index in [0.29, 0.717) is 11.3 Å². The molecule has 0 aliphatic carbocycles. The summed E-state index contributed by atoms with van der Waals surface area (Å²) in [5.41, 5.74) is 3.66. The number of fused-ring (bicyclic) bond motifs is 1. The van der Waals surface area contributed by atoms with Crippen molar-refractivity contribution < 1.29 is 19.1 Å². The van der Waals surface area contributed by atoms with E-state index in [1.54, 1.807) is 51.3 Å². The number of rotatable bonds is 5. The van der Waals surface area contributed by atoms with Gasteiger partial charge in [-0.3, -0.25) is 10.1 Å². The van der Waals surface area contributed by atoms with Crippen LogP contribution in [0.5, 0.6) is 5.75 Å². The van der Waals surface area contributed by atoms with Crippen molar-refractivity contribution in [2.75, 3.05) is 12.4 Å². The molecule has 6 nitrogen and oxygen atoms in total. The van der Waals surface area contributed by atoms with Crippen LogP contribution in [0.2, 0.25) is 0 Å². The second kappa shape index (κ2) is 8.61. The van der Waals surface area contributed by atoms with Crippen LogP contribution < -0.4 is 15.4 Å². The van der Waals surface area contributed by atoms with Crippen LogP contribution in [-0.4, -0.2) is 30.6 Å². The van der Waals surface area contributed by atoms with E-state index in [0.717, 1.165) is 29.0 Å². The zero-order valence-electron chi connectivity index (χ0n) is 18.0. The SMILES string of the molecule is COc1ccc2c(c1)/C(=C/C(=O)c1cccc(NC(=O)OC(C)C)c1)NC(C)(C)C2. The Morgan fingerprint density at radius 2 is 1.93 bits per heavy atom. The highest BCUT2D eigenvalue weighted by molar-refractivity contribution is 6.09. The Kier molecular flexibility index (Phi) is 6.15. The summed E-state index contributed by atoms with van der Waals surface area (Å²) < 4.78 is 10.4. The third-order valence-electron chi connectivity index (χ3n) is 4.72. The molecule has 2 aromatic rings. The van der Waals surface area contributed by atoms with Gasteiger partial charge in [0.2, 0.25) is 0 Å². The Morgan fingerprint density at radius 1 is 1.17 bits per heavy atom. The zero-order valence-corrected chi connectivity index (χ0v) is 18.0. The number of hydrogen-bond donors (Lipinski definition) is 2. The predicted octanol–water partition coefficient (Wildman–Crippen LogP) is 4.80. The molecule has 0 atom stereocenters. The van der Waals surface area contributed by atoms with Gasteiger partial charge in [-0.1, -0.05) is 18.2 Å². The van der Waals surface area contributed by atoms with Crippen molar-refractivity contribution in [1.82, 2.24) is 5.32 Å². The maximum Gasteiger partial charge on any atom is 0.411 e. The highest BCUT2D eigenvalue weighted by Gasteiger charge is 2.28. The molecule has 1 amide bonds. The summed E-state index contributed by atoms with van der Waals surface area (Å²) in [6, 6.07) is 12.7. The molecule has 0 radical (unpaired) electrons. The average molecular weight is 408 g/mol. The maximum atomic E-state index is 13.0. The standard InChI is InChI=1S/C24H28N2O4/c1-15(2)30-23(28)25-18-8-6-7-16(11-18)22(27)13-21-20-12-19(29-5)10-9-17(20)14-24(3,4)26-21/h6-13,15,26H,14H2,1-5H3,(H,25,28)/b21-13-. The molecule has 158 valence electrons. The van der Waals surface area contributed by atoms with Gasteiger partial charge in [0.1, 0.15) is 5.75 Å². The zero-order chi connectivity index (χ0) is 21.9. The van der Waals surface area contributed by atoms with E-state index in [4.69, 9.17) is 9.47 Å². The fourth-order valence-corrected chi connectivity index (χ4v) is 3.48. The first-order chi connectivity index (χ1) is 14.2. The molecule has 1 heterocycles. The summed E-state index contributed by atoms with van der Waals surface area (Å²) in [6.45, 7) is 7.75. The molecule has 0 fully saturated rings. The van der Waals surface area contributed by atoms with Crippen molar-refractivity contribution in [2.24, 2.45) is 0 Å². The number of benzene rings is 2. The summed E-state index contributed by atoms with van der Waals surface area (Å²) in [7, 11) is 1.62. The van der Waals surface area contributed by atoms with Crippen LogP contribution in [0.1, 0.15) is 49.2 Å². The van der Waals surface area contributed by atoms with Crippen LogP contribution in [0, 0.1) is 0 Å². The number of ether oxygens (including phenoxy) is 2. The quantitative estimate of drug-likeness (QED) is 0.549. The predicted molar refractivity (Wildman–Crippen MR) is 118 cm³/mol. The topological polar surface area (TPSA) is 76.7 Å². The Hall–Kier alpha value is -3.28. The van der Waals surface area contributed by atoms with Crippen molar-refractivity contribution >= 4 is 23.3 Å².